The van der Waals surface area contributed by atoms with E-state index < -0.39 is 5.92 Å². The minimum atomic E-state index is -2.54. The van der Waals surface area contributed by atoms with Crippen molar-refractivity contribution in [1.29, 1.82) is 0 Å². The first-order valence-electron chi connectivity index (χ1n) is 11.3. The van der Waals surface area contributed by atoms with Crippen LogP contribution in [0.15, 0.2) is 24.3 Å². The number of halogens is 2. The van der Waals surface area contributed by atoms with Crippen molar-refractivity contribution in [3.63, 3.8) is 0 Å². The van der Waals surface area contributed by atoms with Crippen molar-refractivity contribution in [2.24, 2.45) is 11.3 Å². The van der Waals surface area contributed by atoms with E-state index in [1.807, 2.05) is 21.9 Å². The van der Waals surface area contributed by atoms with Gasteiger partial charge < -0.3 is 25.1 Å². The second-order valence-corrected chi connectivity index (χ2v) is 9.95. The number of amides is 2. The van der Waals surface area contributed by atoms with Crippen molar-refractivity contribution in [2.45, 2.75) is 45.1 Å². The van der Waals surface area contributed by atoms with Gasteiger partial charge in [-0.05, 0) is 42.0 Å². The summed E-state index contributed by atoms with van der Waals surface area (Å²) in [6, 6.07) is 8.34. The molecule has 8 heteroatoms. The highest BCUT2D eigenvalue weighted by Crippen LogP contribution is 2.43. The number of nitrogens with one attached hydrogen (secondary N) is 1. The number of nitrogens with zero attached hydrogens (tertiary/aromatic N) is 3. The van der Waals surface area contributed by atoms with E-state index in [1.54, 1.807) is 0 Å². The van der Waals surface area contributed by atoms with Crippen molar-refractivity contribution >= 4 is 17.4 Å². The van der Waals surface area contributed by atoms with Gasteiger partial charge in [-0.2, -0.15) is 0 Å². The average molecular weight is 437 g/mol. The summed E-state index contributed by atoms with van der Waals surface area (Å²) in [5, 5.41) is 11.8. The molecule has 4 saturated heterocycles. The van der Waals surface area contributed by atoms with Gasteiger partial charge >= 0.3 is 6.03 Å². The lowest BCUT2D eigenvalue weighted by atomic mass is 9.73. The van der Waals surface area contributed by atoms with Crippen molar-refractivity contribution in [3.8, 4) is 0 Å². The molecule has 2 bridgehead atoms. The lowest BCUT2D eigenvalue weighted by molar-refractivity contribution is -0.0220. The Morgan fingerprint density at radius 2 is 1.74 bits per heavy atom. The highest BCUT2D eigenvalue weighted by atomic mass is 19.3. The maximum Gasteiger partial charge on any atom is 0.317 e. The number of hydrogen-bond acceptors (Lipinski definition) is 4. The zero-order valence-corrected chi connectivity index (χ0v) is 18.5. The van der Waals surface area contributed by atoms with E-state index in [4.69, 9.17) is 5.11 Å². The predicted molar refractivity (Wildman–Crippen MR) is 118 cm³/mol. The first-order chi connectivity index (χ1) is 14.7. The third-order valence-electron chi connectivity index (χ3n) is 7.14. The van der Waals surface area contributed by atoms with Gasteiger partial charge in [0.15, 0.2) is 0 Å². The monoisotopic (exact) mass is 436 g/mol. The van der Waals surface area contributed by atoms with Crippen LogP contribution >= 0.6 is 0 Å². The fraction of sp³-hybridized carbons (Fsp3) is 0.696. The molecular formula is C23H34F2N4O2. The molecule has 4 aliphatic heterocycles. The lowest BCUT2D eigenvalue weighted by Crippen LogP contribution is -2.54. The van der Waals surface area contributed by atoms with E-state index in [1.165, 1.54) is 0 Å². The smallest absolute Gasteiger partial charge is 0.317 e. The zero-order valence-electron chi connectivity index (χ0n) is 18.5. The Morgan fingerprint density at radius 1 is 1.10 bits per heavy atom. The SMILES string of the molecule is CC1(C)CC2CN(C(=O)NCCO)CC1N(c1ccc(N3CCC(F)(F)CC3)cc1)C2. The number of carbonyl (C=O) groups excluding carboxylic acids is 1. The fourth-order valence-corrected chi connectivity index (χ4v) is 5.51. The third kappa shape index (κ3) is 4.73. The number of fused-ring (bicyclic) bond motifs is 4. The zero-order chi connectivity index (χ0) is 22.2. The highest BCUT2D eigenvalue weighted by molar-refractivity contribution is 5.74. The number of piperidine rings is 2. The van der Waals surface area contributed by atoms with Crippen molar-refractivity contribution in [1.82, 2.24) is 10.2 Å². The van der Waals surface area contributed by atoms with Gasteiger partial charge in [-0.15, -0.1) is 0 Å². The van der Waals surface area contributed by atoms with E-state index in [2.05, 4.69) is 36.2 Å². The number of aliphatic hydroxyl groups is 1. The van der Waals surface area contributed by atoms with E-state index in [0.717, 1.165) is 24.3 Å². The Morgan fingerprint density at radius 3 is 2.39 bits per heavy atom. The van der Waals surface area contributed by atoms with Crippen molar-refractivity contribution in [2.75, 3.05) is 55.7 Å². The van der Waals surface area contributed by atoms with Crippen LogP contribution in [0.4, 0.5) is 25.0 Å². The van der Waals surface area contributed by atoms with Gasteiger partial charge in [0, 0.05) is 63.5 Å². The van der Waals surface area contributed by atoms with Crippen LogP contribution in [0.1, 0.15) is 33.1 Å². The van der Waals surface area contributed by atoms with Crippen LogP contribution in [-0.2, 0) is 0 Å². The Balaban J connectivity index is 1.49. The summed E-state index contributed by atoms with van der Waals surface area (Å²) in [5.74, 6) is -2.17. The quantitative estimate of drug-likeness (QED) is 0.761. The summed E-state index contributed by atoms with van der Waals surface area (Å²) < 4.78 is 27.0. The molecule has 4 aliphatic rings. The molecule has 0 radical (unpaired) electrons. The van der Waals surface area contributed by atoms with Gasteiger partial charge in [-0.1, -0.05) is 13.8 Å². The van der Waals surface area contributed by atoms with Crippen LogP contribution in [0.3, 0.4) is 0 Å². The molecule has 0 saturated carbocycles. The summed E-state index contributed by atoms with van der Waals surface area (Å²) in [5.41, 5.74) is 2.17. The molecule has 6 nitrogen and oxygen atoms in total. The summed E-state index contributed by atoms with van der Waals surface area (Å²) in [4.78, 5) is 18.9. The second kappa shape index (κ2) is 8.45. The first-order valence-corrected chi connectivity index (χ1v) is 11.3. The minimum Gasteiger partial charge on any atom is -0.395 e. The molecule has 0 aromatic heterocycles. The number of anilines is 2. The first kappa shape index (κ1) is 22.1. The maximum atomic E-state index is 13.5. The second-order valence-electron chi connectivity index (χ2n) is 9.95. The minimum absolute atomic E-state index is 0.0616. The average Bonchev–Trinajstić information content (AvgIpc) is 2.99. The molecule has 4 heterocycles. The summed E-state index contributed by atoms with van der Waals surface area (Å²) in [6.07, 6.45) is 0.887. The van der Waals surface area contributed by atoms with Gasteiger partial charge in [-0.3, -0.25) is 0 Å². The van der Waals surface area contributed by atoms with Crippen LogP contribution in [0.2, 0.25) is 0 Å². The van der Waals surface area contributed by atoms with Crippen LogP contribution in [0.25, 0.3) is 0 Å². The Labute approximate surface area is 183 Å². The molecule has 5 rings (SSSR count). The van der Waals surface area contributed by atoms with E-state index in [0.29, 0.717) is 32.1 Å². The van der Waals surface area contributed by atoms with Crippen molar-refractivity contribution in [3.05, 3.63) is 24.3 Å². The highest BCUT2D eigenvalue weighted by Gasteiger charge is 2.46. The van der Waals surface area contributed by atoms with Gasteiger partial charge in [0.25, 0.3) is 5.92 Å². The number of benzene rings is 1. The summed E-state index contributed by atoms with van der Waals surface area (Å²) >= 11 is 0. The fourth-order valence-electron chi connectivity index (χ4n) is 5.51. The van der Waals surface area contributed by atoms with Gasteiger partial charge in [0.2, 0.25) is 0 Å². The molecule has 1 aromatic carbocycles. The van der Waals surface area contributed by atoms with E-state index in [-0.39, 0.29) is 43.5 Å². The molecule has 0 spiro atoms. The Hall–Kier alpha value is -2.09. The standard InChI is InChI=1S/C23H34F2N4O2/c1-22(2)13-17-14-28(21(31)26-9-12-30)16-20(22)29(15-17)19-5-3-18(4-6-19)27-10-7-23(24,25)8-11-27/h3-6,17,20,30H,7-16H2,1-2H3,(H,26,31). The molecule has 2 atom stereocenters. The Bertz CT molecular complexity index is 776. The van der Waals surface area contributed by atoms with E-state index >= 15 is 0 Å². The Kier molecular flexibility index (Phi) is 6.03. The van der Waals surface area contributed by atoms with Crippen LogP contribution in [0, 0.1) is 11.3 Å². The number of hydrogen-bond donors (Lipinski definition) is 2. The number of carbonyl (C=O) groups is 1. The third-order valence-corrected chi connectivity index (χ3v) is 7.14. The molecular weight excluding hydrogens is 402 g/mol. The molecule has 0 aliphatic carbocycles. The molecule has 2 unspecified atom stereocenters. The lowest BCUT2D eigenvalue weighted by Gasteiger charge is -2.48. The summed E-state index contributed by atoms with van der Waals surface area (Å²) in [6.45, 7) is 7.76. The van der Waals surface area contributed by atoms with Gasteiger partial charge in [-0.25, -0.2) is 13.6 Å². The van der Waals surface area contributed by atoms with Gasteiger partial charge in [0.1, 0.15) is 0 Å². The molecule has 2 N–H and O–H groups in total. The van der Waals surface area contributed by atoms with Crippen LogP contribution < -0.4 is 15.1 Å². The van der Waals surface area contributed by atoms with Crippen LogP contribution in [-0.4, -0.2) is 73.9 Å². The number of rotatable bonds is 4. The van der Waals surface area contributed by atoms with Gasteiger partial charge in [0.05, 0.1) is 12.6 Å². The van der Waals surface area contributed by atoms with E-state index in [9.17, 15) is 13.6 Å². The number of aliphatic hydroxyl groups excluding tert-OH is 1. The predicted octanol–water partition coefficient (Wildman–Crippen LogP) is 3.16. The van der Waals surface area contributed by atoms with Crippen molar-refractivity contribution < 1.29 is 18.7 Å². The molecule has 172 valence electrons. The normalized spacial score (nSPS) is 27.2. The number of alkyl halides is 2. The molecule has 2 amide bonds. The van der Waals surface area contributed by atoms with Crippen LogP contribution in [0.5, 0.6) is 0 Å². The molecule has 4 fully saturated rings. The molecule has 1 aromatic rings. The molecule has 31 heavy (non-hydrogen) atoms. The number of urea groups is 1. The topological polar surface area (TPSA) is 59.1 Å². The maximum absolute atomic E-state index is 13.5. The summed E-state index contributed by atoms with van der Waals surface area (Å²) in [7, 11) is 0. The largest absolute Gasteiger partial charge is 0.395 e.